The van der Waals surface area contributed by atoms with E-state index in [-0.39, 0.29) is 18.4 Å². The van der Waals surface area contributed by atoms with Crippen molar-refractivity contribution in [2.75, 3.05) is 26.7 Å². The van der Waals surface area contributed by atoms with Gasteiger partial charge in [0, 0.05) is 24.6 Å². The maximum atomic E-state index is 12.3. The second-order valence-electron chi connectivity index (χ2n) is 4.97. The SMILES string of the molecule is CCN(CC)C(=O)CN(C)C(=O)C(C)Oc1ccc(Br)cc1. The van der Waals surface area contributed by atoms with Gasteiger partial charge in [0.2, 0.25) is 5.91 Å². The minimum atomic E-state index is -0.643. The molecule has 1 unspecified atom stereocenters. The molecule has 0 aliphatic rings. The van der Waals surface area contributed by atoms with Crippen LogP contribution in [0.1, 0.15) is 20.8 Å². The Morgan fingerprint density at radius 3 is 2.23 bits per heavy atom. The molecule has 0 fully saturated rings. The van der Waals surface area contributed by atoms with E-state index >= 15 is 0 Å². The minimum Gasteiger partial charge on any atom is -0.481 e. The average molecular weight is 371 g/mol. The van der Waals surface area contributed by atoms with Crippen LogP contribution in [0.15, 0.2) is 28.7 Å². The fraction of sp³-hybridized carbons (Fsp3) is 0.500. The van der Waals surface area contributed by atoms with Gasteiger partial charge in [0.1, 0.15) is 5.75 Å². The lowest BCUT2D eigenvalue weighted by atomic mass is 10.3. The van der Waals surface area contributed by atoms with Gasteiger partial charge in [-0.15, -0.1) is 0 Å². The van der Waals surface area contributed by atoms with E-state index in [0.29, 0.717) is 18.8 Å². The Morgan fingerprint density at radius 2 is 1.73 bits per heavy atom. The second kappa shape index (κ2) is 8.78. The molecule has 0 saturated carbocycles. The first-order valence-electron chi connectivity index (χ1n) is 7.34. The van der Waals surface area contributed by atoms with Crippen LogP contribution in [0.4, 0.5) is 0 Å². The van der Waals surface area contributed by atoms with Crippen LogP contribution in [0.25, 0.3) is 0 Å². The predicted octanol–water partition coefficient (Wildman–Crippen LogP) is 2.54. The highest BCUT2D eigenvalue weighted by atomic mass is 79.9. The van der Waals surface area contributed by atoms with Crippen molar-refractivity contribution in [1.82, 2.24) is 9.80 Å². The van der Waals surface area contributed by atoms with E-state index in [0.717, 1.165) is 4.47 Å². The molecular formula is C16H23BrN2O3. The van der Waals surface area contributed by atoms with Crippen LogP contribution in [0.5, 0.6) is 5.75 Å². The van der Waals surface area contributed by atoms with Crippen LogP contribution in [-0.2, 0) is 9.59 Å². The molecule has 1 aromatic rings. The van der Waals surface area contributed by atoms with Crippen LogP contribution in [0.3, 0.4) is 0 Å². The highest BCUT2D eigenvalue weighted by molar-refractivity contribution is 9.10. The van der Waals surface area contributed by atoms with Gasteiger partial charge in [-0.3, -0.25) is 9.59 Å². The summed E-state index contributed by atoms with van der Waals surface area (Å²) in [5.41, 5.74) is 0. The Morgan fingerprint density at radius 1 is 1.18 bits per heavy atom. The van der Waals surface area contributed by atoms with Crippen molar-refractivity contribution in [1.29, 1.82) is 0 Å². The number of ether oxygens (including phenoxy) is 1. The van der Waals surface area contributed by atoms with E-state index in [1.165, 1.54) is 4.90 Å². The first kappa shape index (κ1) is 18.5. The molecule has 5 nitrogen and oxygen atoms in total. The van der Waals surface area contributed by atoms with Crippen LogP contribution in [0, 0.1) is 0 Å². The van der Waals surface area contributed by atoms with Crippen LogP contribution >= 0.6 is 15.9 Å². The third-order valence-electron chi connectivity index (χ3n) is 3.34. The zero-order chi connectivity index (χ0) is 16.7. The Bertz CT molecular complexity index is 501. The smallest absolute Gasteiger partial charge is 0.263 e. The Hall–Kier alpha value is -1.56. The maximum Gasteiger partial charge on any atom is 0.263 e. The molecule has 22 heavy (non-hydrogen) atoms. The van der Waals surface area contributed by atoms with Crippen molar-refractivity contribution < 1.29 is 14.3 Å². The van der Waals surface area contributed by atoms with Gasteiger partial charge in [-0.25, -0.2) is 0 Å². The summed E-state index contributed by atoms with van der Waals surface area (Å²) >= 11 is 3.35. The van der Waals surface area contributed by atoms with E-state index in [1.807, 2.05) is 26.0 Å². The predicted molar refractivity (Wildman–Crippen MR) is 89.8 cm³/mol. The fourth-order valence-corrected chi connectivity index (χ4v) is 2.30. The lowest BCUT2D eigenvalue weighted by Crippen LogP contribution is -2.45. The Kier molecular flexibility index (Phi) is 7.38. The van der Waals surface area contributed by atoms with Gasteiger partial charge >= 0.3 is 0 Å². The first-order valence-corrected chi connectivity index (χ1v) is 8.13. The number of rotatable bonds is 7. The third-order valence-corrected chi connectivity index (χ3v) is 3.87. The number of benzene rings is 1. The molecule has 0 aliphatic carbocycles. The van der Waals surface area contributed by atoms with Crippen molar-refractivity contribution in [3.8, 4) is 5.75 Å². The number of amides is 2. The number of hydrogen-bond donors (Lipinski definition) is 0. The largest absolute Gasteiger partial charge is 0.481 e. The van der Waals surface area contributed by atoms with Crippen LogP contribution in [0.2, 0.25) is 0 Å². The van der Waals surface area contributed by atoms with Gasteiger partial charge in [-0.05, 0) is 45.0 Å². The Balaban J connectivity index is 2.58. The molecule has 0 bridgehead atoms. The normalized spacial score (nSPS) is 11.7. The molecule has 0 radical (unpaired) electrons. The van der Waals surface area contributed by atoms with Crippen molar-refractivity contribution in [3.05, 3.63) is 28.7 Å². The maximum absolute atomic E-state index is 12.3. The molecule has 2 amide bonds. The van der Waals surface area contributed by atoms with E-state index in [9.17, 15) is 9.59 Å². The third kappa shape index (κ3) is 5.33. The molecule has 6 heteroatoms. The van der Waals surface area contributed by atoms with Gasteiger partial charge in [-0.2, -0.15) is 0 Å². The molecule has 1 rings (SSSR count). The van der Waals surface area contributed by atoms with Gasteiger partial charge in [-0.1, -0.05) is 15.9 Å². The average Bonchev–Trinajstić information content (AvgIpc) is 2.49. The topological polar surface area (TPSA) is 49.9 Å². The zero-order valence-electron chi connectivity index (χ0n) is 13.5. The van der Waals surface area contributed by atoms with E-state index in [4.69, 9.17) is 4.74 Å². The number of nitrogens with zero attached hydrogens (tertiary/aromatic N) is 2. The molecule has 1 atom stereocenters. The van der Waals surface area contributed by atoms with E-state index < -0.39 is 6.10 Å². The van der Waals surface area contributed by atoms with Crippen molar-refractivity contribution in [3.63, 3.8) is 0 Å². The molecule has 0 heterocycles. The molecule has 122 valence electrons. The monoisotopic (exact) mass is 370 g/mol. The lowest BCUT2D eigenvalue weighted by molar-refractivity contribution is -0.143. The van der Waals surface area contributed by atoms with Gasteiger partial charge in [0.05, 0.1) is 6.54 Å². The molecule has 0 aromatic heterocycles. The molecular weight excluding hydrogens is 348 g/mol. The first-order chi connectivity index (χ1) is 10.4. The molecule has 0 saturated heterocycles. The number of hydrogen-bond acceptors (Lipinski definition) is 3. The summed E-state index contributed by atoms with van der Waals surface area (Å²) in [4.78, 5) is 27.4. The summed E-state index contributed by atoms with van der Waals surface area (Å²) in [6.45, 7) is 6.87. The number of carbonyl (C=O) groups excluding carboxylic acids is 2. The van der Waals surface area contributed by atoms with Crippen LogP contribution in [-0.4, -0.2) is 54.4 Å². The summed E-state index contributed by atoms with van der Waals surface area (Å²) in [7, 11) is 1.62. The highest BCUT2D eigenvalue weighted by Gasteiger charge is 2.22. The van der Waals surface area contributed by atoms with Crippen molar-refractivity contribution in [2.24, 2.45) is 0 Å². The van der Waals surface area contributed by atoms with Gasteiger partial charge in [0.25, 0.3) is 5.91 Å². The summed E-state index contributed by atoms with van der Waals surface area (Å²) in [6.07, 6.45) is -0.643. The van der Waals surface area contributed by atoms with Gasteiger partial charge < -0.3 is 14.5 Å². The lowest BCUT2D eigenvalue weighted by Gasteiger charge is -2.25. The minimum absolute atomic E-state index is 0.0586. The number of halogens is 1. The Labute approximate surface area is 140 Å². The summed E-state index contributed by atoms with van der Waals surface area (Å²) in [6, 6.07) is 7.27. The molecule has 0 N–H and O–H groups in total. The van der Waals surface area contributed by atoms with Gasteiger partial charge in [0.15, 0.2) is 6.10 Å². The number of carbonyl (C=O) groups is 2. The summed E-state index contributed by atoms with van der Waals surface area (Å²) in [5, 5.41) is 0. The summed E-state index contributed by atoms with van der Waals surface area (Å²) < 4.78 is 6.56. The number of likely N-dealkylation sites (N-methyl/N-ethyl adjacent to an activating group) is 2. The zero-order valence-corrected chi connectivity index (χ0v) is 15.1. The molecule has 1 aromatic carbocycles. The van der Waals surface area contributed by atoms with E-state index in [1.54, 1.807) is 31.0 Å². The van der Waals surface area contributed by atoms with Crippen LogP contribution < -0.4 is 4.74 Å². The van der Waals surface area contributed by atoms with E-state index in [2.05, 4.69) is 15.9 Å². The van der Waals surface area contributed by atoms with Crippen molar-refractivity contribution in [2.45, 2.75) is 26.9 Å². The second-order valence-corrected chi connectivity index (χ2v) is 5.89. The standard InChI is InChI=1S/C16H23BrN2O3/c1-5-19(6-2)15(20)11-18(4)16(21)12(3)22-14-9-7-13(17)8-10-14/h7-10,12H,5-6,11H2,1-4H3. The fourth-order valence-electron chi connectivity index (χ4n) is 2.04. The highest BCUT2D eigenvalue weighted by Crippen LogP contribution is 2.17. The quantitative estimate of drug-likeness (QED) is 0.740. The van der Waals surface area contributed by atoms with Crippen molar-refractivity contribution >= 4 is 27.7 Å². The molecule has 0 spiro atoms. The summed E-state index contributed by atoms with van der Waals surface area (Å²) in [5.74, 6) is 0.340. The molecule has 0 aliphatic heterocycles.